The molecule has 0 saturated heterocycles. The van der Waals surface area contributed by atoms with Crippen LogP contribution in [0.5, 0.6) is 0 Å². The zero-order valence-electron chi connectivity index (χ0n) is 8.29. The molecule has 0 unspecified atom stereocenters. The van der Waals surface area contributed by atoms with E-state index in [-0.39, 0.29) is 11.1 Å². The first-order valence-corrected chi connectivity index (χ1v) is 4.46. The van der Waals surface area contributed by atoms with Gasteiger partial charge in [0.1, 0.15) is 5.69 Å². The van der Waals surface area contributed by atoms with Crippen LogP contribution >= 0.6 is 0 Å². The zero-order valence-corrected chi connectivity index (χ0v) is 8.29. The smallest absolute Gasteiger partial charge is 0.204 e. The van der Waals surface area contributed by atoms with E-state index in [0.717, 1.165) is 5.69 Å². The molecule has 0 radical (unpaired) electrons. The number of nitrogens with zero attached hydrogens (tertiary/aromatic N) is 4. The van der Waals surface area contributed by atoms with Gasteiger partial charge in [-0.25, -0.2) is 0 Å². The Morgan fingerprint density at radius 2 is 2.33 bits per heavy atom. The van der Waals surface area contributed by atoms with Crippen molar-refractivity contribution in [1.29, 1.82) is 0 Å². The second-order valence-corrected chi connectivity index (χ2v) is 3.26. The first kappa shape index (κ1) is 9.45. The van der Waals surface area contributed by atoms with Crippen molar-refractivity contribution in [2.24, 2.45) is 7.05 Å². The number of hydrogen-bond donors (Lipinski definition) is 1. The van der Waals surface area contributed by atoms with Crippen LogP contribution in [-0.4, -0.2) is 19.6 Å². The van der Waals surface area contributed by atoms with E-state index in [2.05, 4.69) is 10.2 Å². The summed E-state index contributed by atoms with van der Waals surface area (Å²) in [6.45, 7) is 0.554. The van der Waals surface area contributed by atoms with Crippen molar-refractivity contribution < 1.29 is 0 Å². The lowest BCUT2D eigenvalue weighted by molar-refractivity contribution is 0.636. The molecule has 0 spiro atoms. The molecule has 0 bridgehead atoms. The minimum atomic E-state index is -0.162. The Labute approximate surface area is 85.9 Å². The first-order valence-electron chi connectivity index (χ1n) is 4.46. The number of pyridine rings is 1. The predicted octanol–water partition coefficient (Wildman–Crippen LogP) is -0.393. The molecule has 2 rings (SSSR count). The molecule has 2 N–H and O–H groups in total. The van der Waals surface area contributed by atoms with E-state index in [1.54, 1.807) is 30.2 Å². The maximum Gasteiger partial charge on any atom is 0.204 e. The summed E-state index contributed by atoms with van der Waals surface area (Å²) in [6.07, 6.45) is 4.94. The third-order valence-electron chi connectivity index (χ3n) is 2.00. The molecule has 6 nitrogen and oxygen atoms in total. The fourth-order valence-electron chi connectivity index (χ4n) is 1.29. The Bertz CT molecular complexity index is 527. The van der Waals surface area contributed by atoms with Gasteiger partial charge in [0.05, 0.1) is 18.4 Å². The van der Waals surface area contributed by atoms with Crippen molar-refractivity contribution >= 4 is 5.69 Å². The minimum Gasteiger partial charge on any atom is -0.394 e. The summed E-state index contributed by atoms with van der Waals surface area (Å²) in [7, 11) is 1.75. The number of nitrogens with two attached hydrogens (primary N) is 1. The van der Waals surface area contributed by atoms with Crippen molar-refractivity contribution in [2.45, 2.75) is 6.54 Å². The number of hydrogen-bond acceptors (Lipinski definition) is 4. The average Bonchev–Trinajstić information content (AvgIpc) is 2.58. The van der Waals surface area contributed by atoms with Gasteiger partial charge in [-0.1, -0.05) is 0 Å². The van der Waals surface area contributed by atoms with Crippen LogP contribution in [0.2, 0.25) is 0 Å². The molecule has 0 amide bonds. The largest absolute Gasteiger partial charge is 0.394 e. The Balaban J connectivity index is 2.25. The summed E-state index contributed by atoms with van der Waals surface area (Å²) >= 11 is 0. The van der Waals surface area contributed by atoms with Crippen LogP contribution in [0, 0.1) is 0 Å². The van der Waals surface area contributed by atoms with E-state index in [1.165, 1.54) is 10.9 Å². The zero-order chi connectivity index (χ0) is 10.8. The molecule has 15 heavy (non-hydrogen) atoms. The van der Waals surface area contributed by atoms with Crippen molar-refractivity contribution in [3.8, 4) is 0 Å². The molecule has 0 aromatic carbocycles. The minimum absolute atomic E-state index is 0.162. The van der Waals surface area contributed by atoms with E-state index in [1.807, 2.05) is 0 Å². The van der Waals surface area contributed by atoms with Gasteiger partial charge >= 0.3 is 0 Å². The fraction of sp³-hybridized carbons (Fsp3) is 0.222. The maximum atomic E-state index is 11.1. The normalized spacial score (nSPS) is 10.5. The van der Waals surface area contributed by atoms with Gasteiger partial charge in [-0.15, -0.1) is 0 Å². The average molecular weight is 205 g/mol. The highest BCUT2D eigenvalue weighted by molar-refractivity contribution is 5.33. The van der Waals surface area contributed by atoms with E-state index in [4.69, 9.17) is 5.73 Å². The number of rotatable bonds is 2. The summed E-state index contributed by atoms with van der Waals surface area (Å²) in [5.41, 5.74) is 6.40. The van der Waals surface area contributed by atoms with Crippen LogP contribution in [0.1, 0.15) is 5.69 Å². The Morgan fingerprint density at radius 3 is 2.93 bits per heavy atom. The van der Waals surface area contributed by atoms with Crippen LogP contribution < -0.4 is 11.2 Å². The van der Waals surface area contributed by atoms with Crippen LogP contribution in [0.3, 0.4) is 0 Å². The molecule has 0 saturated carbocycles. The van der Waals surface area contributed by atoms with Gasteiger partial charge in [0.25, 0.3) is 0 Å². The van der Waals surface area contributed by atoms with Gasteiger partial charge in [-0.05, 0) is 0 Å². The quantitative estimate of drug-likeness (QED) is 0.724. The topological polar surface area (TPSA) is 78.7 Å². The Morgan fingerprint density at radius 1 is 1.53 bits per heavy atom. The number of nitrogen functional groups attached to an aromatic ring is 1. The van der Waals surface area contributed by atoms with Crippen LogP contribution in [0.25, 0.3) is 0 Å². The van der Waals surface area contributed by atoms with Gasteiger partial charge < -0.3 is 10.3 Å². The second kappa shape index (κ2) is 3.56. The standard InChI is InChI=1S/C9H11N5O/c1-13-11-4-7(12-13)5-14-3-2-9(15)8(10)6-14/h2-4,6H,5,10H2,1H3. The second-order valence-electron chi connectivity index (χ2n) is 3.26. The van der Waals surface area contributed by atoms with Gasteiger partial charge in [-0.2, -0.15) is 15.0 Å². The number of anilines is 1. The monoisotopic (exact) mass is 205 g/mol. The SMILES string of the molecule is Cn1ncc(Cn2ccc(=O)c(N)c2)n1. The van der Waals surface area contributed by atoms with Crippen molar-refractivity contribution in [1.82, 2.24) is 19.6 Å². The summed E-state index contributed by atoms with van der Waals surface area (Å²) in [4.78, 5) is 12.5. The number of aromatic nitrogens is 4. The lowest BCUT2D eigenvalue weighted by atomic mass is 10.4. The molecule has 2 aromatic heterocycles. The lowest BCUT2D eigenvalue weighted by Gasteiger charge is -2.03. The van der Waals surface area contributed by atoms with Crippen molar-refractivity contribution in [3.63, 3.8) is 0 Å². The molecule has 0 aliphatic carbocycles. The maximum absolute atomic E-state index is 11.1. The van der Waals surface area contributed by atoms with Crippen molar-refractivity contribution in [2.75, 3.05) is 5.73 Å². The van der Waals surface area contributed by atoms with Gasteiger partial charge in [-0.3, -0.25) is 4.79 Å². The molecular weight excluding hydrogens is 194 g/mol. The van der Waals surface area contributed by atoms with E-state index in [0.29, 0.717) is 6.54 Å². The highest BCUT2D eigenvalue weighted by Crippen LogP contribution is 1.98. The van der Waals surface area contributed by atoms with Crippen LogP contribution in [0.4, 0.5) is 5.69 Å². The molecule has 78 valence electrons. The predicted molar refractivity (Wildman–Crippen MR) is 55.2 cm³/mol. The van der Waals surface area contributed by atoms with Crippen LogP contribution in [0.15, 0.2) is 29.5 Å². The van der Waals surface area contributed by atoms with Gasteiger partial charge in [0.15, 0.2) is 0 Å². The summed E-state index contributed by atoms with van der Waals surface area (Å²) in [5.74, 6) is 0. The molecule has 6 heteroatoms. The molecular formula is C9H11N5O. The van der Waals surface area contributed by atoms with Crippen molar-refractivity contribution in [3.05, 3.63) is 40.6 Å². The van der Waals surface area contributed by atoms with Crippen LogP contribution in [-0.2, 0) is 13.6 Å². The molecule has 0 atom stereocenters. The molecule has 0 aliphatic rings. The molecule has 0 fully saturated rings. The Hall–Kier alpha value is -2.11. The van der Waals surface area contributed by atoms with Gasteiger partial charge in [0.2, 0.25) is 5.43 Å². The van der Waals surface area contributed by atoms with E-state index >= 15 is 0 Å². The fourth-order valence-corrected chi connectivity index (χ4v) is 1.29. The summed E-state index contributed by atoms with van der Waals surface area (Å²) < 4.78 is 1.79. The first-order chi connectivity index (χ1) is 7.15. The third-order valence-corrected chi connectivity index (χ3v) is 2.00. The highest BCUT2D eigenvalue weighted by atomic mass is 16.1. The van der Waals surface area contributed by atoms with Gasteiger partial charge in [0, 0.05) is 25.5 Å². The van der Waals surface area contributed by atoms with E-state index in [9.17, 15) is 4.79 Å². The lowest BCUT2D eigenvalue weighted by Crippen LogP contribution is -2.11. The molecule has 0 aliphatic heterocycles. The molecule has 2 heterocycles. The summed E-state index contributed by atoms with van der Waals surface area (Å²) in [6, 6.07) is 1.44. The third kappa shape index (κ3) is 2.04. The summed E-state index contributed by atoms with van der Waals surface area (Å²) in [5, 5.41) is 8.08. The number of aryl methyl sites for hydroxylation is 1. The highest BCUT2D eigenvalue weighted by Gasteiger charge is 2.00. The Kier molecular flexibility index (Phi) is 2.24. The molecule has 2 aromatic rings. The van der Waals surface area contributed by atoms with E-state index < -0.39 is 0 Å².